The van der Waals surface area contributed by atoms with Gasteiger partial charge in [-0.1, -0.05) is 0 Å². The van der Waals surface area contributed by atoms with Gasteiger partial charge in [-0.05, 0) is 19.1 Å². The molecule has 0 radical (unpaired) electrons. The van der Waals surface area contributed by atoms with E-state index < -0.39 is 23.2 Å². The monoisotopic (exact) mass is 298 g/mol. The molecule has 0 saturated carbocycles. The van der Waals surface area contributed by atoms with Crippen molar-refractivity contribution in [1.82, 2.24) is 4.98 Å². The number of rotatable bonds is 4. The summed E-state index contributed by atoms with van der Waals surface area (Å²) in [7, 11) is 1.61. The van der Waals surface area contributed by atoms with E-state index in [0.717, 1.165) is 16.6 Å². The van der Waals surface area contributed by atoms with Gasteiger partial charge < -0.3 is 10.0 Å². The van der Waals surface area contributed by atoms with Crippen molar-refractivity contribution in [2.75, 3.05) is 11.9 Å². The van der Waals surface area contributed by atoms with Crippen molar-refractivity contribution in [3.05, 3.63) is 45.4 Å². The number of carboxylic acids is 1. The normalized spacial score (nSPS) is 10.6. The molecule has 0 aliphatic heterocycles. The average Bonchev–Trinajstić information content (AvgIpc) is 2.77. The molecule has 7 heteroatoms. The fraction of sp³-hybridized carbons (Fsp3) is 0.231. The van der Waals surface area contributed by atoms with Gasteiger partial charge in [-0.15, -0.1) is 11.3 Å². The van der Waals surface area contributed by atoms with Crippen LogP contribution >= 0.6 is 11.3 Å². The maximum absolute atomic E-state index is 13.9. The molecule has 0 unspecified atom stereocenters. The Labute approximate surface area is 118 Å². The van der Waals surface area contributed by atoms with Crippen molar-refractivity contribution in [3.8, 4) is 0 Å². The molecule has 0 amide bonds. The number of benzene rings is 1. The second-order valence-corrected chi connectivity index (χ2v) is 5.22. The second-order valence-electron chi connectivity index (χ2n) is 4.28. The third-order valence-corrected chi connectivity index (χ3v) is 3.85. The van der Waals surface area contributed by atoms with Crippen molar-refractivity contribution >= 4 is 23.0 Å². The number of hydrogen-bond acceptors (Lipinski definition) is 4. The van der Waals surface area contributed by atoms with Crippen LogP contribution < -0.4 is 4.90 Å². The van der Waals surface area contributed by atoms with Crippen LogP contribution in [-0.4, -0.2) is 23.1 Å². The van der Waals surface area contributed by atoms with Crippen molar-refractivity contribution < 1.29 is 18.7 Å². The molecule has 1 aromatic heterocycles. The van der Waals surface area contributed by atoms with Crippen LogP contribution in [0.1, 0.15) is 20.9 Å². The van der Waals surface area contributed by atoms with Crippen molar-refractivity contribution in [1.29, 1.82) is 0 Å². The van der Waals surface area contributed by atoms with Crippen LogP contribution in [0.4, 0.5) is 14.5 Å². The summed E-state index contributed by atoms with van der Waals surface area (Å²) < 4.78 is 27.5. The highest BCUT2D eigenvalue weighted by Crippen LogP contribution is 2.26. The minimum absolute atomic E-state index is 0.0142. The molecule has 1 N–H and O–H groups in total. The summed E-state index contributed by atoms with van der Waals surface area (Å²) in [5.74, 6) is -3.99. The lowest BCUT2D eigenvalue weighted by molar-refractivity contribution is 0.0690. The first-order valence-corrected chi connectivity index (χ1v) is 6.61. The predicted octanol–water partition coefficient (Wildman–Crippen LogP) is 3.06. The van der Waals surface area contributed by atoms with Crippen LogP contribution in [0.15, 0.2) is 17.6 Å². The van der Waals surface area contributed by atoms with Gasteiger partial charge in [0, 0.05) is 11.9 Å². The number of aromatic carboxylic acids is 1. The Kier molecular flexibility index (Phi) is 3.99. The molecule has 0 aliphatic carbocycles. The van der Waals surface area contributed by atoms with E-state index in [1.807, 2.05) is 6.92 Å². The zero-order chi connectivity index (χ0) is 14.9. The van der Waals surface area contributed by atoms with Crippen LogP contribution in [0.2, 0.25) is 0 Å². The summed E-state index contributed by atoms with van der Waals surface area (Å²) in [6.07, 6.45) is 0. The van der Waals surface area contributed by atoms with Crippen LogP contribution in [0.3, 0.4) is 0 Å². The van der Waals surface area contributed by atoms with Crippen molar-refractivity contribution in [3.63, 3.8) is 0 Å². The molecule has 106 valence electrons. The molecule has 0 saturated heterocycles. The van der Waals surface area contributed by atoms with Crippen molar-refractivity contribution in [2.45, 2.75) is 13.5 Å². The molecule has 4 nitrogen and oxygen atoms in total. The number of nitrogens with zero attached hydrogens (tertiary/aromatic N) is 2. The van der Waals surface area contributed by atoms with Crippen molar-refractivity contribution in [2.24, 2.45) is 0 Å². The average molecular weight is 298 g/mol. The molecule has 0 spiro atoms. The quantitative estimate of drug-likeness (QED) is 0.942. The predicted molar refractivity (Wildman–Crippen MR) is 72.3 cm³/mol. The molecular formula is C13H12F2N2O2S. The Balaban J connectivity index is 2.31. The molecule has 2 rings (SSSR count). The van der Waals surface area contributed by atoms with Crippen LogP contribution in [-0.2, 0) is 6.54 Å². The number of aromatic nitrogens is 1. The summed E-state index contributed by atoms with van der Waals surface area (Å²) in [5.41, 5.74) is 1.86. The SMILES string of the molecule is Cc1ncsc1CN(C)c1ccc(C(=O)O)c(F)c1F. The van der Waals surface area contributed by atoms with E-state index in [0.29, 0.717) is 6.54 Å². The maximum atomic E-state index is 13.9. The number of anilines is 1. The smallest absolute Gasteiger partial charge is 0.338 e. The third-order valence-electron chi connectivity index (χ3n) is 2.93. The first kappa shape index (κ1) is 14.4. The van der Waals surface area contributed by atoms with E-state index in [1.165, 1.54) is 22.3 Å². The molecular weight excluding hydrogens is 286 g/mol. The van der Waals surface area contributed by atoms with Crippen LogP contribution in [0, 0.1) is 18.6 Å². The van der Waals surface area contributed by atoms with Gasteiger partial charge in [-0.3, -0.25) is 0 Å². The van der Waals surface area contributed by atoms with E-state index in [2.05, 4.69) is 4.98 Å². The molecule has 2 aromatic rings. The lowest BCUT2D eigenvalue weighted by Gasteiger charge is -2.20. The summed E-state index contributed by atoms with van der Waals surface area (Å²) in [4.78, 5) is 17.3. The molecule has 0 bridgehead atoms. The fourth-order valence-corrected chi connectivity index (χ4v) is 2.61. The van der Waals surface area contributed by atoms with Gasteiger partial charge in [-0.2, -0.15) is 0 Å². The first-order chi connectivity index (χ1) is 9.41. The molecule has 0 atom stereocenters. The standard InChI is InChI=1S/C13H12F2N2O2S/c1-7-10(20-6-16-7)5-17(2)9-4-3-8(13(18)19)11(14)12(9)15/h3-4,6H,5H2,1-2H3,(H,18,19). The van der Waals surface area contributed by atoms with Crippen LogP contribution in [0.25, 0.3) is 0 Å². The fourth-order valence-electron chi connectivity index (χ4n) is 1.78. The minimum Gasteiger partial charge on any atom is -0.478 e. The zero-order valence-corrected chi connectivity index (χ0v) is 11.7. The molecule has 1 aromatic carbocycles. The summed E-state index contributed by atoms with van der Waals surface area (Å²) in [6, 6.07) is 2.32. The Bertz CT molecular complexity index is 658. The topological polar surface area (TPSA) is 53.4 Å². The zero-order valence-electron chi connectivity index (χ0n) is 10.9. The third kappa shape index (κ3) is 2.62. The van der Waals surface area contributed by atoms with E-state index in [9.17, 15) is 13.6 Å². The molecule has 0 aliphatic rings. The first-order valence-electron chi connectivity index (χ1n) is 5.73. The Hall–Kier alpha value is -2.02. The highest BCUT2D eigenvalue weighted by Gasteiger charge is 2.20. The minimum atomic E-state index is -1.49. The van der Waals surface area contributed by atoms with E-state index in [-0.39, 0.29) is 5.69 Å². The highest BCUT2D eigenvalue weighted by molar-refractivity contribution is 7.09. The number of hydrogen-bond donors (Lipinski definition) is 1. The van der Waals surface area contributed by atoms with Gasteiger partial charge in [0.25, 0.3) is 0 Å². The van der Waals surface area contributed by atoms with E-state index in [4.69, 9.17) is 5.11 Å². The number of carboxylic acid groups (broad SMARTS) is 1. The summed E-state index contributed by atoms with van der Waals surface area (Å²) >= 11 is 1.43. The molecule has 0 fully saturated rings. The van der Waals surface area contributed by atoms with E-state index >= 15 is 0 Å². The molecule has 20 heavy (non-hydrogen) atoms. The van der Waals surface area contributed by atoms with Gasteiger partial charge in [0.05, 0.1) is 29.0 Å². The van der Waals surface area contributed by atoms with E-state index in [1.54, 1.807) is 12.6 Å². The van der Waals surface area contributed by atoms with Gasteiger partial charge in [0.15, 0.2) is 11.6 Å². The lowest BCUT2D eigenvalue weighted by atomic mass is 10.1. The largest absolute Gasteiger partial charge is 0.478 e. The number of thiazole rings is 1. The van der Waals surface area contributed by atoms with Gasteiger partial charge in [0.1, 0.15) is 0 Å². The number of halogens is 2. The maximum Gasteiger partial charge on any atom is 0.338 e. The van der Waals surface area contributed by atoms with Crippen LogP contribution in [0.5, 0.6) is 0 Å². The highest BCUT2D eigenvalue weighted by atomic mass is 32.1. The summed E-state index contributed by atoms with van der Waals surface area (Å²) in [6.45, 7) is 2.21. The number of carbonyl (C=O) groups is 1. The number of aryl methyl sites for hydroxylation is 1. The Morgan fingerprint density at radius 2 is 2.10 bits per heavy atom. The second kappa shape index (κ2) is 5.54. The van der Waals surface area contributed by atoms with Gasteiger partial charge in [-0.25, -0.2) is 18.6 Å². The lowest BCUT2D eigenvalue weighted by Crippen LogP contribution is -2.19. The summed E-state index contributed by atoms with van der Waals surface area (Å²) in [5, 5.41) is 8.74. The Morgan fingerprint density at radius 1 is 1.40 bits per heavy atom. The van der Waals surface area contributed by atoms with Gasteiger partial charge >= 0.3 is 5.97 Å². The Morgan fingerprint density at radius 3 is 2.65 bits per heavy atom. The van der Waals surface area contributed by atoms with Gasteiger partial charge in [0.2, 0.25) is 0 Å². The molecule has 1 heterocycles.